The highest BCUT2D eigenvalue weighted by atomic mass is 16.5. The van der Waals surface area contributed by atoms with E-state index in [9.17, 15) is 0 Å². The first-order chi connectivity index (χ1) is 8.92. The quantitative estimate of drug-likeness (QED) is 0.842. The van der Waals surface area contributed by atoms with Crippen molar-refractivity contribution >= 4 is 0 Å². The molecule has 3 heterocycles. The smallest absolute Gasteiger partial charge is 0.241 e. The normalized spacial score (nSPS) is 17.8. The fraction of sp³-hybridized carbons (Fsp3) is 0.500. The van der Waals surface area contributed by atoms with Crippen molar-refractivity contribution in [3.63, 3.8) is 0 Å². The van der Waals surface area contributed by atoms with Gasteiger partial charge in [-0.15, -0.1) is 0 Å². The number of hydrogen-bond acceptors (Lipinski definition) is 5. The maximum absolute atomic E-state index is 5.29. The summed E-state index contributed by atoms with van der Waals surface area (Å²) in [5.74, 6) is 1.31. The molecule has 2 aromatic heterocycles. The average Bonchev–Trinajstić information content (AvgIpc) is 2.98. The predicted molar refractivity (Wildman–Crippen MR) is 66.8 cm³/mol. The first-order valence-corrected chi connectivity index (χ1v) is 6.31. The molecule has 0 spiro atoms. The second-order valence-electron chi connectivity index (χ2n) is 4.48. The van der Waals surface area contributed by atoms with Gasteiger partial charge in [0.15, 0.2) is 0 Å². The molecule has 96 valence electrons. The largest absolute Gasteiger partial charge is 0.359 e. The first-order valence-electron chi connectivity index (χ1n) is 6.31. The molecule has 0 radical (unpaired) electrons. The third-order valence-corrected chi connectivity index (χ3v) is 3.10. The topological polar surface area (TPSA) is 70.0 Å². The van der Waals surface area contributed by atoms with Crippen LogP contribution >= 0.6 is 0 Å². The van der Waals surface area contributed by atoms with Crippen LogP contribution in [0.1, 0.15) is 12.3 Å². The number of H-pyrrole nitrogens is 1. The van der Waals surface area contributed by atoms with Crippen LogP contribution in [0.15, 0.2) is 22.9 Å². The van der Waals surface area contributed by atoms with E-state index in [2.05, 4.69) is 25.3 Å². The standard InChI is InChI=1S/C12H17N5O/c1-3-10(14-5-1)12-15-11(18-16-12)9-17-7-2-4-13-6-8-17/h1,3,5,13-14H,2,4,6-9H2. The van der Waals surface area contributed by atoms with Gasteiger partial charge in [0.2, 0.25) is 11.7 Å². The molecule has 3 rings (SSSR count). The summed E-state index contributed by atoms with van der Waals surface area (Å²) in [4.78, 5) is 9.82. The lowest BCUT2D eigenvalue weighted by Crippen LogP contribution is -2.27. The van der Waals surface area contributed by atoms with Crippen LogP contribution in [0.3, 0.4) is 0 Å². The van der Waals surface area contributed by atoms with Crippen molar-refractivity contribution in [2.45, 2.75) is 13.0 Å². The summed E-state index contributed by atoms with van der Waals surface area (Å²) >= 11 is 0. The third kappa shape index (κ3) is 2.60. The number of aromatic nitrogens is 3. The summed E-state index contributed by atoms with van der Waals surface area (Å²) in [7, 11) is 0. The summed E-state index contributed by atoms with van der Waals surface area (Å²) in [6, 6.07) is 3.86. The number of nitrogens with zero attached hydrogens (tertiary/aromatic N) is 3. The molecular weight excluding hydrogens is 230 g/mol. The SMILES string of the molecule is c1c[nH]c(-c2noc(CN3CCCNCC3)n2)c1. The lowest BCUT2D eigenvalue weighted by molar-refractivity contribution is 0.239. The molecule has 2 N–H and O–H groups in total. The van der Waals surface area contributed by atoms with Crippen molar-refractivity contribution in [3.8, 4) is 11.5 Å². The number of aromatic amines is 1. The Morgan fingerprint density at radius 1 is 1.33 bits per heavy atom. The molecule has 0 aliphatic carbocycles. The van der Waals surface area contributed by atoms with Gasteiger partial charge in [0.05, 0.1) is 12.2 Å². The zero-order valence-corrected chi connectivity index (χ0v) is 10.2. The van der Waals surface area contributed by atoms with Gasteiger partial charge in [-0.25, -0.2) is 0 Å². The number of hydrogen-bond donors (Lipinski definition) is 2. The van der Waals surface area contributed by atoms with E-state index in [0.29, 0.717) is 11.7 Å². The molecule has 1 fully saturated rings. The molecule has 0 bridgehead atoms. The van der Waals surface area contributed by atoms with Crippen LogP contribution in [0.2, 0.25) is 0 Å². The van der Waals surface area contributed by atoms with Crippen LogP contribution in [0.5, 0.6) is 0 Å². The Bertz CT molecular complexity index is 470. The van der Waals surface area contributed by atoms with Gasteiger partial charge < -0.3 is 14.8 Å². The van der Waals surface area contributed by atoms with Gasteiger partial charge >= 0.3 is 0 Å². The molecule has 2 aromatic rings. The highest BCUT2D eigenvalue weighted by Crippen LogP contribution is 2.13. The molecule has 0 amide bonds. The average molecular weight is 247 g/mol. The van der Waals surface area contributed by atoms with Gasteiger partial charge in [-0.1, -0.05) is 5.16 Å². The van der Waals surface area contributed by atoms with E-state index < -0.39 is 0 Å². The Hall–Kier alpha value is -1.66. The number of rotatable bonds is 3. The Morgan fingerprint density at radius 2 is 2.33 bits per heavy atom. The molecule has 6 nitrogen and oxygen atoms in total. The second-order valence-corrected chi connectivity index (χ2v) is 4.48. The van der Waals surface area contributed by atoms with E-state index in [4.69, 9.17) is 4.52 Å². The predicted octanol–water partition coefficient (Wildman–Crippen LogP) is 0.860. The van der Waals surface area contributed by atoms with Crippen molar-refractivity contribution in [3.05, 3.63) is 24.2 Å². The van der Waals surface area contributed by atoms with E-state index in [1.807, 2.05) is 18.3 Å². The van der Waals surface area contributed by atoms with Crippen molar-refractivity contribution in [1.82, 2.24) is 25.3 Å². The van der Waals surface area contributed by atoms with Crippen LogP contribution in [0.25, 0.3) is 11.5 Å². The Balaban J connectivity index is 1.66. The van der Waals surface area contributed by atoms with Crippen LogP contribution in [0.4, 0.5) is 0 Å². The minimum Gasteiger partial charge on any atom is -0.359 e. The fourth-order valence-corrected chi connectivity index (χ4v) is 2.15. The Kier molecular flexibility index (Phi) is 3.38. The minimum absolute atomic E-state index is 0.628. The van der Waals surface area contributed by atoms with Crippen LogP contribution < -0.4 is 5.32 Å². The van der Waals surface area contributed by atoms with Gasteiger partial charge in [-0.3, -0.25) is 4.90 Å². The molecule has 1 aliphatic rings. The second kappa shape index (κ2) is 5.32. The van der Waals surface area contributed by atoms with Crippen LogP contribution in [-0.2, 0) is 6.54 Å². The molecular formula is C12H17N5O. The lowest BCUT2D eigenvalue weighted by Gasteiger charge is -2.16. The van der Waals surface area contributed by atoms with Crippen molar-refractivity contribution in [1.29, 1.82) is 0 Å². The van der Waals surface area contributed by atoms with Crippen molar-refractivity contribution < 1.29 is 4.52 Å². The first kappa shape index (κ1) is 11.4. The van der Waals surface area contributed by atoms with Crippen LogP contribution in [0, 0.1) is 0 Å². The van der Waals surface area contributed by atoms with E-state index in [-0.39, 0.29) is 0 Å². The van der Waals surface area contributed by atoms with E-state index in [1.165, 1.54) is 0 Å². The zero-order chi connectivity index (χ0) is 12.2. The van der Waals surface area contributed by atoms with Crippen molar-refractivity contribution in [2.24, 2.45) is 0 Å². The molecule has 6 heteroatoms. The van der Waals surface area contributed by atoms with E-state index in [1.54, 1.807) is 0 Å². The Labute approximate surface area is 105 Å². The van der Waals surface area contributed by atoms with Crippen LogP contribution in [-0.4, -0.2) is 46.2 Å². The molecule has 0 aromatic carbocycles. The minimum atomic E-state index is 0.628. The molecule has 0 saturated carbocycles. The molecule has 18 heavy (non-hydrogen) atoms. The summed E-state index contributed by atoms with van der Waals surface area (Å²) in [5.41, 5.74) is 0.891. The van der Waals surface area contributed by atoms with Gasteiger partial charge in [0.1, 0.15) is 0 Å². The molecule has 0 unspecified atom stereocenters. The fourth-order valence-electron chi connectivity index (χ4n) is 2.15. The van der Waals surface area contributed by atoms with E-state index in [0.717, 1.165) is 44.8 Å². The summed E-state index contributed by atoms with van der Waals surface area (Å²) in [5, 5.41) is 7.37. The molecule has 1 aliphatic heterocycles. The Morgan fingerprint density at radius 3 is 3.22 bits per heavy atom. The maximum atomic E-state index is 5.29. The molecule has 1 saturated heterocycles. The third-order valence-electron chi connectivity index (χ3n) is 3.10. The summed E-state index contributed by atoms with van der Waals surface area (Å²) < 4.78 is 5.29. The zero-order valence-electron chi connectivity index (χ0n) is 10.2. The summed E-state index contributed by atoms with van der Waals surface area (Å²) in [6.45, 7) is 4.95. The van der Waals surface area contributed by atoms with E-state index >= 15 is 0 Å². The molecule has 0 atom stereocenters. The highest BCUT2D eigenvalue weighted by Gasteiger charge is 2.14. The van der Waals surface area contributed by atoms with Gasteiger partial charge in [-0.2, -0.15) is 4.98 Å². The number of nitrogens with one attached hydrogen (secondary N) is 2. The van der Waals surface area contributed by atoms with Crippen molar-refractivity contribution in [2.75, 3.05) is 26.2 Å². The lowest BCUT2D eigenvalue weighted by atomic mass is 10.4. The maximum Gasteiger partial charge on any atom is 0.241 e. The van der Waals surface area contributed by atoms with Gasteiger partial charge in [0, 0.05) is 19.3 Å². The monoisotopic (exact) mass is 247 g/mol. The highest BCUT2D eigenvalue weighted by molar-refractivity contribution is 5.47. The van der Waals surface area contributed by atoms with Gasteiger partial charge in [0.25, 0.3) is 0 Å². The van der Waals surface area contributed by atoms with Gasteiger partial charge in [-0.05, 0) is 31.6 Å². The summed E-state index contributed by atoms with van der Waals surface area (Å²) in [6.07, 6.45) is 3.02.